The Morgan fingerprint density at radius 2 is 1.93 bits per heavy atom. The van der Waals surface area contributed by atoms with Gasteiger partial charge in [-0.2, -0.15) is 0 Å². The predicted molar refractivity (Wildman–Crippen MR) is 65.2 cm³/mol. The molecule has 1 unspecified atom stereocenters. The topological polar surface area (TPSA) is 12.0 Å². The average Bonchev–Trinajstić information content (AvgIpc) is 3.02. The van der Waals surface area contributed by atoms with Crippen LogP contribution in [0.1, 0.15) is 43.2 Å². The Bertz CT molecular complexity index is 298. The highest BCUT2D eigenvalue weighted by Crippen LogP contribution is 2.21. The maximum absolute atomic E-state index is 3.57. The maximum Gasteiger partial charge on any atom is 0.00682 e. The van der Waals surface area contributed by atoms with Crippen molar-refractivity contribution in [2.75, 3.05) is 6.54 Å². The molecule has 1 aliphatic rings. The van der Waals surface area contributed by atoms with Gasteiger partial charge in [-0.1, -0.05) is 36.8 Å². The highest BCUT2D eigenvalue weighted by atomic mass is 14.9. The molecule has 1 atom stereocenters. The number of hydrogen-bond acceptors (Lipinski definition) is 1. The van der Waals surface area contributed by atoms with Gasteiger partial charge < -0.3 is 5.32 Å². The molecule has 1 fully saturated rings. The summed E-state index contributed by atoms with van der Waals surface area (Å²) in [5.74, 6) is 0.678. The highest BCUT2D eigenvalue weighted by Gasteiger charge is 2.20. The van der Waals surface area contributed by atoms with Crippen molar-refractivity contribution in [3.05, 3.63) is 35.4 Å². The molecular formula is C14H21N. The molecule has 1 aromatic rings. The fourth-order valence-electron chi connectivity index (χ4n) is 1.85. The lowest BCUT2D eigenvalue weighted by Crippen LogP contribution is -2.18. The van der Waals surface area contributed by atoms with E-state index in [9.17, 15) is 0 Å². The largest absolute Gasteiger partial charge is 0.314 e. The SMILES string of the molecule is Cc1ccc(C(C)CCNC2CC2)cc1. The zero-order valence-electron chi connectivity index (χ0n) is 9.79. The third-order valence-corrected chi connectivity index (χ3v) is 3.23. The molecule has 1 nitrogen and oxygen atoms in total. The smallest absolute Gasteiger partial charge is 0.00682 e. The van der Waals surface area contributed by atoms with Crippen molar-refractivity contribution in [1.29, 1.82) is 0 Å². The van der Waals surface area contributed by atoms with Crippen LogP contribution in [0, 0.1) is 6.92 Å². The highest BCUT2D eigenvalue weighted by molar-refractivity contribution is 5.23. The maximum atomic E-state index is 3.57. The molecule has 0 radical (unpaired) electrons. The minimum absolute atomic E-state index is 0.678. The summed E-state index contributed by atoms with van der Waals surface area (Å²) in [5.41, 5.74) is 2.82. The molecule has 1 N–H and O–H groups in total. The van der Waals surface area contributed by atoms with E-state index in [4.69, 9.17) is 0 Å². The number of nitrogens with one attached hydrogen (secondary N) is 1. The van der Waals surface area contributed by atoms with Gasteiger partial charge in [0.05, 0.1) is 0 Å². The predicted octanol–water partition coefficient (Wildman–Crippen LogP) is 3.24. The van der Waals surface area contributed by atoms with Crippen molar-refractivity contribution in [3.63, 3.8) is 0 Å². The molecule has 1 heteroatoms. The van der Waals surface area contributed by atoms with Crippen LogP contribution in [0.4, 0.5) is 0 Å². The zero-order chi connectivity index (χ0) is 10.7. The first-order valence-electron chi connectivity index (χ1n) is 6.05. The van der Waals surface area contributed by atoms with E-state index < -0.39 is 0 Å². The summed E-state index contributed by atoms with van der Waals surface area (Å²) in [6, 6.07) is 9.78. The second kappa shape index (κ2) is 4.80. The lowest BCUT2D eigenvalue weighted by molar-refractivity contribution is 0.592. The molecule has 1 aliphatic carbocycles. The van der Waals surface area contributed by atoms with E-state index in [-0.39, 0.29) is 0 Å². The summed E-state index contributed by atoms with van der Waals surface area (Å²) in [6.45, 7) is 5.63. The van der Waals surface area contributed by atoms with Crippen LogP contribution in [-0.4, -0.2) is 12.6 Å². The summed E-state index contributed by atoms with van der Waals surface area (Å²) in [5, 5.41) is 3.57. The van der Waals surface area contributed by atoms with Crippen molar-refractivity contribution in [2.45, 2.75) is 45.1 Å². The van der Waals surface area contributed by atoms with Crippen molar-refractivity contribution in [2.24, 2.45) is 0 Å². The van der Waals surface area contributed by atoms with E-state index in [2.05, 4.69) is 43.4 Å². The van der Waals surface area contributed by atoms with E-state index >= 15 is 0 Å². The van der Waals surface area contributed by atoms with E-state index in [0.717, 1.165) is 6.04 Å². The Hall–Kier alpha value is -0.820. The first-order chi connectivity index (χ1) is 7.25. The molecule has 1 saturated carbocycles. The van der Waals surface area contributed by atoms with Gasteiger partial charge in [-0.25, -0.2) is 0 Å². The van der Waals surface area contributed by atoms with Crippen molar-refractivity contribution in [3.8, 4) is 0 Å². The van der Waals surface area contributed by atoms with Gasteiger partial charge in [-0.15, -0.1) is 0 Å². The van der Waals surface area contributed by atoms with Gasteiger partial charge in [0.2, 0.25) is 0 Å². The Balaban J connectivity index is 1.78. The Labute approximate surface area is 92.9 Å². The van der Waals surface area contributed by atoms with Gasteiger partial charge in [-0.05, 0) is 44.2 Å². The van der Waals surface area contributed by atoms with Crippen LogP contribution >= 0.6 is 0 Å². The average molecular weight is 203 g/mol. The number of rotatable bonds is 5. The van der Waals surface area contributed by atoms with Gasteiger partial charge in [0.15, 0.2) is 0 Å². The summed E-state index contributed by atoms with van der Waals surface area (Å²) in [7, 11) is 0. The van der Waals surface area contributed by atoms with Crippen LogP contribution in [0.2, 0.25) is 0 Å². The van der Waals surface area contributed by atoms with E-state index in [0.29, 0.717) is 5.92 Å². The second-order valence-corrected chi connectivity index (χ2v) is 4.83. The van der Waals surface area contributed by atoms with Crippen molar-refractivity contribution >= 4 is 0 Å². The monoisotopic (exact) mass is 203 g/mol. The minimum Gasteiger partial charge on any atom is -0.314 e. The molecule has 82 valence electrons. The van der Waals surface area contributed by atoms with E-state index in [1.165, 1.54) is 36.9 Å². The molecule has 0 saturated heterocycles. The first-order valence-corrected chi connectivity index (χ1v) is 6.05. The van der Waals surface area contributed by atoms with Gasteiger partial charge in [0.1, 0.15) is 0 Å². The van der Waals surface area contributed by atoms with Gasteiger partial charge >= 0.3 is 0 Å². The quantitative estimate of drug-likeness (QED) is 0.774. The summed E-state index contributed by atoms with van der Waals surface area (Å²) >= 11 is 0. The second-order valence-electron chi connectivity index (χ2n) is 4.83. The third kappa shape index (κ3) is 3.35. The Kier molecular flexibility index (Phi) is 3.42. The summed E-state index contributed by atoms with van der Waals surface area (Å²) in [6.07, 6.45) is 4.03. The molecule has 2 rings (SSSR count). The van der Waals surface area contributed by atoms with Gasteiger partial charge in [-0.3, -0.25) is 0 Å². The third-order valence-electron chi connectivity index (χ3n) is 3.23. The fraction of sp³-hybridized carbons (Fsp3) is 0.571. The molecule has 0 heterocycles. The first kappa shape index (κ1) is 10.7. The fourth-order valence-corrected chi connectivity index (χ4v) is 1.85. The van der Waals surface area contributed by atoms with Crippen LogP contribution in [-0.2, 0) is 0 Å². The van der Waals surface area contributed by atoms with Crippen LogP contribution in [0.25, 0.3) is 0 Å². The molecular weight excluding hydrogens is 182 g/mol. The van der Waals surface area contributed by atoms with Crippen LogP contribution < -0.4 is 5.32 Å². The lowest BCUT2D eigenvalue weighted by Gasteiger charge is -2.12. The number of hydrogen-bond donors (Lipinski definition) is 1. The van der Waals surface area contributed by atoms with Gasteiger partial charge in [0.25, 0.3) is 0 Å². The van der Waals surface area contributed by atoms with E-state index in [1.54, 1.807) is 0 Å². The molecule has 1 aromatic carbocycles. The van der Waals surface area contributed by atoms with Crippen LogP contribution in [0.15, 0.2) is 24.3 Å². The molecule has 0 aliphatic heterocycles. The normalized spacial score (nSPS) is 17.7. The Morgan fingerprint density at radius 1 is 1.27 bits per heavy atom. The molecule has 15 heavy (non-hydrogen) atoms. The molecule has 0 spiro atoms. The summed E-state index contributed by atoms with van der Waals surface area (Å²) in [4.78, 5) is 0. The number of aryl methyl sites for hydroxylation is 1. The van der Waals surface area contributed by atoms with Crippen LogP contribution in [0.5, 0.6) is 0 Å². The van der Waals surface area contributed by atoms with Crippen LogP contribution in [0.3, 0.4) is 0 Å². The summed E-state index contributed by atoms with van der Waals surface area (Å²) < 4.78 is 0. The molecule has 0 bridgehead atoms. The van der Waals surface area contributed by atoms with E-state index in [1.807, 2.05) is 0 Å². The van der Waals surface area contributed by atoms with Gasteiger partial charge in [0, 0.05) is 6.04 Å². The minimum atomic E-state index is 0.678. The number of benzene rings is 1. The van der Waals surface area contributed by atoms with Crippen molar-refractivity contribution in [1.82, 2.24) is 5.32 Å². The molecule has 0 amide bonds. The standard InChI is InChI=1S/C14H21N/c1-11-3-5-13(6-4-11)12(2)9-10-15-14-7-8-14/h3-6,12,14-15H,7-10H2,1-2H3. The Morgan fingerprint density at radius 3 is 2.53 bits per heavy atom. The molecule has 0 aromatic heterocycles. The lowest BCUT2D eigenvalue weighted by atomic mass is 9.97. The zero-order valence-corrected chi connectivity index (χ0v) is 9.79. The van der Waals surface area contributed by atoms with Crippen molar-refractivity contribution < 1.29 is 0 Å².